The van der Waals surface area contributed by atoms with Gasteiger partial charge >= 0.3 is 0 Å². The first-order valence-corrected chi connectivity index (χ1v) is 8.28. The number of nitrogens with zero attached hydrogens (tertiary/aromatic N) is 3. The van der Waals surface area contributed by atoms with Gasteiger partial charge in [-0.1, -0.05) is 30.2 Å². The molecule has 4 rings (SSSR count). The van der Waals surface area contributed by atoms with Crippen molar-refractivity contribution in [3.05, 3.63) is 59.2 Å². The zero-order valence-electron chi connectivity index (χ0n) is 12.9. The van der Waals surface area contributed by atoms with Crippen LogP contribution < -0.4 is 5.32 Å². The molecule has 0 radical (unpaired) electrons. The van der Waals surface area contributed by atoms with E-state index in [9.17, 15) is 0 Å². The number of thiophene rings is 1. The van der Waals surface area contributed by atoms with Gasteiger partial charge < -0.3 is 10.3 Å². The van der Waals surface area contributed by atoms with E-state index in [-0.39, 0.29) is 0 Å². The maximum atomic E-state index is 4.56. The molecule has 0 saturated heterocycles. The molecule has 0 spiro atoms. The number of imidazole rings is 1. The van der Waals surface area contributed by atoms with Gasteiger partial charge in [0.2, 0.25) is 0 Å². The SMILES string of the molecule is CNc1nc(-c2cccs2)nc2nc(C#Cc3ccccc3)[nH]c12. The molecule has 0 bridgehead atoms. The Balaban J connectivity index is 1.79. The standard InChI is InChI=1S/C18H13N5S/c1-19-17-15-18(23-16(22-17)13-8-5-11-24-13)21-14(20-15)10-9-12-6-3-2-4-7-12/h2-8,11H,1H3,(H2,19,20,21,22,23). The van der Waals surface area contributed by atoms with Crippen LogP contribution in [0.15, 0.2) is 47.8 Å². The lowest BCUT2D eigenvalue weighted by atomic mass is 10.2. The summed E-state index contributed by atoms with van der Waals surface area (Å²) in [6.45, 7) is 0. The maximum absolute atomic E-state index is 4.56. The summed E-state index contributed by atoms with van der Waals surface area (Å²) in [5, 5.41) is 5.10. The van der Waals surface area contributed by atoms with Crippen LogP contribution in [-0.4, -0.2) is 27.0 Å². The van der Waals surface area contributed by atoms with Gasteiger partial charge in [0.1, 0.15) is 5.52 Å². The van der Waals surface area contributed by atoms with Crippen molar-refractivity contribution in [2.24, 2.45) is 0 Å². The van der Waals surface area contributed by atoms with Crippen LogP contribution in [-0.2, 0) is 0 Å². The van der Waals surface area contributed by atoms with Crippen molar-refractivity contribution >= 4 is 28.3 Å². The fourth-order valence-electron chi connectivity index (χ4n) is 2.31. The second-order valence-electron chi connectivity index (χ2n) is 5.02. The Bertz CT molecular complexity index is 1040. The third-order valence-corrected chi connectivity index (χ3v) is 4.29. The van der Waals surface area contributed by atoms with Crippen molar-refractivity contribution in [2.75, 3.05) is 12.4 Å². The first kappa shape index (κ1) is 14.4. The van der Waals surface area contributed by atoms with E-state index >= 15 is 0 Å². The van der Waals surface area contributed by atoms with Crippen molar-refractivity contribution in [3.63, 3.8) is 0 Å². The molecule has 6 heteroatoms. The van der Waals surface area contributed by atoms with Crippen molar-refractivity contribution in [1.29, 1.82) is 0 Å². The second kappa shape index (κ2) is 6.14. The van der Waals surface area contributed by atoms with Crippen LogP contribution in [0.25, 0.3) is 21.9 Å². The van der Waals surface area contributed by atoms with E-state index in [2.05, 4.69) is 37.1 Å². The number of aromatic amines is 1. The molecule has 0 aliphatic rings. The Morgan fingerprint density at radius 3 is 2.62 bits per heavy atom. The third kappa shape index (κ3) is 2.73. The number of H-pyrrole nitrogens is 1. The van der Waals surface area contributed by atoms with Crippen LogP contribution in [0.3, 0.4) is 0 Å². The predicted molar refractivity (Wildman–Crippen MR) is 97.0 cm³/mol. The summed E-state index contributed by atoms with van der Waals surface area (Å²) in [5.41, 5.74) is 2.31. The molecular formula is C18H13N5S. The lowest BCUT2D eigenvalue weighted by Crippen LogP contribution is -1.97. The summed E-state index contributed by atoms with van der Waals surface area (Å²) in [6, 6.07) is 13.8. The van der Waals surface area contributed by atoms with Crippen LogP contribution in [0.1, 0.15) is 11.4 Å². The highest BCUT2D eigenvalue weighted by Crippen LogP contribution is 2.26. The zero-order chi connectivity index (χ0) is 16.4. The number of hydrogen-bond acceptors (Lipinski definition) is 5. The molecular weight excluding hydrogens is 318 g/mol. The molecule has 0 amide bonds. The lowest BCUT2D eigenvalue weighted by Gasteiger charge is -2.02. The molecule has 1 aromatic carbocycles. The van der Waals surface area contributed by atoms with Gasteiger partial charge in [-0.05, 0) is 29.5 Å². The van der Waals surface area contributed by atoms with E-state index in [0.717, 1.165) is 16.0 Å². The smallest absolute Gasteiger partial charge is 0.185 e. The highest BCUT2D eigenvalue weighted by Gasteiger charge is 2.12. The Kier molecular flexibility index (Phi) is 3.69. The summed E-state index contributed by atoms with van der Waals surface area (Å²) in [4.78, 5) is 17.8. The molecule has 0 unspecified atom stereocenters. The summed E-state index contributed by atoms with van der Waals surface area (Å²) >= 11 is 1.60. The Labute approximate surface area is 142 Å². The minimum absolute atomic E-state index is 0.572. The van der Waals surface area contributed by atoms with Crippen LogP contribution in [0.5, 0.6) is 0 Å². The number of hydrogen-bond donors (Lipinski definition) is 2. The average Bonchev–Trinajstić information content (AvgIpc) is 3.29. The number of fused-ring (bicyclic) bond motifs is 1. The van der Waals surface area contributed by atoms with Crippen molar-refractivity contribution in [3.8, 4) is 22.5 Å². The maximum Gasteiger partial charge on any atom is 0.185 e. The molecule has 0 saturated carbocycles. The van der Waals surface area contributed by atoms with Crippen LogP contribution in [0.2, 0.25) is 0 Å². The molecule has 4 aromatic rings. The van der Waals surface area contributed by atoms with Crippen LogP contribution in [0, 0.1) is 11.8 Å². The van der Waals surface area contributed by atoms with Gasteiger partial charge in [-0.15, -0.1) is 11.3 Å². The molecule has 24 heavy (non-hydrogen) atoms. The van der Waals surface area contributed by atoms with E-state index < -0.39 is 0 Å². The van der Waals surface area contributed by atoms with Gasteiger partial charge in [0, 0.05) is 12.6 Å². The quantitative estimate of drug-likeness (QED) is 0.552. The fraction of sp³-hybridized carbons (Fsp3) is 0.0556. The molecule has 3 heterocycles. The van der Waals surface area contributed by atoms with Gasteiger partial charge in [0.25, 0.3) is 0 Å². The van der Waals surface area contributed by atoms with Gasteiger partial charge in [-0.25, -0.2) is 15.0 Å². The number of anilines is 1. The monoisotopic (exact) mass is 331 g/mol. The number of aromatic nitrogens is 4. The Morgan fingerprint density at radius 2 is 1.88 bits per heavy atom. The highest BCUT2D eigenvalue weighted by molar-refractivity contribution is 7.13. The van der Waals surface area contributed by atoms with E-state index in [0.29, 0.717) is 23.1 Å². The van der Waals surface area contributed by atoms with Gasteiger partial charge in [-0.3, -0.25) is 0 Å². The Morgan fingerprint density at radius 1 is 1.00 bits per heavy atom. The van der Waals surface area contributed by atoms with E-state index in [1.54, 1.807) is 11.3 Å². The molecule has 116 valence electrons. The highest BCUT2D eigenvalue weighted by atomic mass is 32.1. The molecule has 2 N–H and O–H groups in total. The van der Waals surface area contributed by atoms with E-state index in [4.69, 9.17) is 0 Å². The number of nitrogens with one attached hydrogen (secondary N) is 2. The minimum atomic E-state index is 0.572. The average molecular weight is 331 g/mol. The number of benzene rings is 1. The summed E-state index contributed by atoms with van der Waals surface area (Å²) in [6.07, 6.45) is 0. The van der Waals surface area contributed by atoms with Crippen LogP contribution >= 0.6 is 11.3 Å². The van der Waals surface area contributed by atoms with E-state index in [1.807, 2.05) is 54.9 Å². The molecule has 5 nitrogen and oxygen atoms in total. The molecule has 0 aliphatic carbocycles. The normalized spacial score (nSPS) is 10.4. The largest absolute Gasteiger partial charge is 0.371 e. The number of rotatable bonds is 2. The summed E-state index contributed by atoms with van der Waals surface area (Å²) in [5.74, 6) is 8.08. The fourth-order valence-corrected chi connectivity index (χ4v) is 2.96. The third-order valence-electron chi connectivity index (χ3n) is 3.43. The van der Waals surface area contributed by atoms with E-state index in [1.165, 1.54) is 0 Å². The van der Waals surface area contributed by atoms with Gasteiger partial charge in [0.15, 0.2) is 23.1 Å². The summed E-state index contributed by atoms with van der Waals surface area (Å²) in [7, 11) is 1.83. The molecule has 3 aromatic heterocycles. The minimum Gasteiger partial charge on any atom is -0.371 e. The van der Waals surface area contributed by atoms with Gasteiger partial charge in [-0.2, -0.15) is 0 Å². The summed E-state index contributed by atoms with van der Waals surface area (Å²) < 4.78 is 0. The van der Waals surface area contributed by atoms with Crippen molar-refractivity contribution in [1.82, 2.24) is 19.9 Å². The molecule has 0 aliphatic heterocycles. The molecule has 0 fully saturated rings. The van der Waals surface area contributed by atoms with Gasteiger partial charge in [0.05, 0.1) is 4.88 Å². The predicted octanol–water partition coefficient (Wildman–Crippen LogP) is 3.52. The van der Waals surface area contributed by atoms with Crippen molar-refractivity contribution in [2.45, 2.75) is 0 Å². The van der Waals surface area contributed by atoms with Crippen molar-refractivity contribution < 1.29 is 0 Å². The second-order valence-corrected chi connectivity index (χ2v) is 5.97. The molecule has 0 atom stereocenters. The topological polar surface area (TPSA) is 66.5 Å². The van der Waals surface area contributed by atoms with Crippen LogP contribution in [0.4, 0.5) is 5.82 Å². The Hall–Kier alpha value is -3.17. The first-order chi connectivity index (χ1) is 11.8. The lowest BCUT2D eigenvalue weighted by molar-refractivity contribution is 1.20. The first-order valence-electron chi connectivity index (χ1n) is 7.40. The zero-order valence-corrected chi connectivity index (χ0v) is 13.7.